The number of epoxide rings is 1. The van der Waals surface area contributed by atoms with Crippen molar-refractivity contribution in [1.29, 1.82) is 0 Å². The van der Waals surface area contributed by atoms with Gasteiger partial charge in [-0.15, -0.1) is 0 Å². The third kappa shape index (κ3) is 2.35. The van der Waals surface area contributed by atoms with Crippen molar-refractivity contribution >= 4 is 11.8 Å². The van der Waals surface area contributed by atoms with Gasteiger partial charge in [0.1, 0.15) is 17.5 Å². The van der Waals surface area contributed by atoms with Crippen LogP contribution < -0.4 is 0 Å². The van der Waals surface area contributed by atoms with Crippen molar-refractivity contribution in [3.05, 3.63) is 11.1 Å². The molecular weight excluding hydrogens is 448 g/mol. The van der Waals surface area contributed by atoms with Crippen LogP contribution in [0, 0.1) is 34.5 Å². The minimum absolute atomic E-state index is 0.00506. The van der Waals surface area contributed by atoms with E-state index in [-0.39, 0.29) is 47.8 Å². The highest BCUT2D eigenvalue weighted by molar-refractivity contribution is 5.89. The molecule has 2 N–H and O–H groups in total. The summed E-state index contributed by atoms with van der Waals surface area (Å²) in [6.45, 7) is 7.94. The van der Waals surface area contributed by atoms with E-state index < -0.39 is 34.2 Å². The molecule has 0 aromatic heterocycles. The van der Waals surface area contributed by atoms with Crippen LogP contribution in [-0.2, 0) is 23.8 Å². The molecule has 0 radical (unpaired) electrons. The van der Waals surface area contributed by atoms with E-state index in [1.54, 1.807) is 6.92 Å². The number of carbonyl (C=O) groups excluding carboxylic acids is 2. The van der Waals surface area contributed by atoms with Gasteiger partial charge in [0, 0.05) is 30.8 Å². The van der Waals surface area contributed by atoms with Crippen molar-refractivity contribution in [2.24, 2.45) is 34.5 Å². The van der Waals surface area contributed by atoms with E-state index in [0.717, 1.165) is 31.3 Å². The van der Waals surface area contributed by atoms with Crippen LogP contribution in [0.4, 0.5) is 0 Å². The van der Waals surface area contributed by atoms with Crippen LogP contribution in [0.5, 0.6) is 0 Å². The molecule has 7 rings (SSSR count). The third-order valence-corrected chi connectivity index (χ3v) is 12.5. The fourth-order valence-electron chi connectivity index (χ4n) is 10.3. The molecule has 4 saturated carbocycles. The number of aliphatic hydroxyl groups is 2. The van der Waals surface area contributed by atoms with Crippen LogP contribution in [-0.4, -0.2) is 57.8 Å². The third-order valence-electron chi connectivity index (χ3n) is 12.5. The molecule has 3 heterocycles. The van der Waals surface area contributed by atoms with Gasteiger partial charge in [-0.1, -0.05) is 12.5 Å². The maximum absolute atomic E-state index is 13.5. The van der Waals surface area contributed by atoms with Gasteiger partial charge in [0.05, 0.1) is 29.1 Å². The van der Waals surface area contributed by atoms with Crippen LogP contribution in [0.3, 0.4) is 0 Å². The Morgan fingerprint density at radius 2 is 1.80 bits per heavy atom. The highest BCUT2D eigenvalue weighted by Crippen LogP contribution is 2.77. The second-order valence-corrected chi connectivity index (χ2v) is 13.2. The average Bonchev–Trinajstić information content (AvgIpc) is 3.43. The number of esters is 1. The highest BCUT2D eigenvalue weighted by atomic mass is 16.6. The van der Waals surface area contributed by atoms with Crippen LogP contribution in [0.2, 0.25) is 0 Å². The van der Waals surface area contributed by atoms with Gasteiger partial charge < -0.3 is 24.4 Å². The molecule has 0 aromatic rings. The van der Waals surface area contributed by atoms with Crippen molar-refractivity contribution in [2.75, 3.05) is 6.61 Å². The molecule has 4 aliphatic carbocycles. The summed E-state index contributed by atoms with van der Waals surface area (Å²) in [6, 6.07) is 0. The van der Waals surface area contributed by atoms with E-state index in [1.165, 1.54) is 0 Å². The standard InChI is InChI=1S/C28H38O7/c1-14-10-20(34-23(30)15(14)2)19-13-33-28(32)12-18-16(17-7-9-26(19,31)25(17,28)4)11-22-27(35-22)8-5-6-21(29)24(18,27)3/h16-20,22,31-32H,5-13H2,1-4H3/t16-,17-,18-,19+,20+,22+,24-,25-,26+,27+,28-/m0/s1. The lowest BCUT2D eigenvalue weighted by Gasteiger charge is -2.67. The average molecular weight is 487 g/mol. The molecule has 0 aromatic carbocycles. The van der Waals surface area contributed by atoms with Crippen molar-refractivity contribution in [1.82, 2.24) is 0 Å². The van der Waals surface area contributed by atoms with Crippen LogP contribution in [0.1, 0.15) is 79.1 Å². The van der Waals surface area contributed by atoms with Crippen molar-refractivity contribution in [3.63, 3.8) is 0 Å². The van der Waals surface area contributed by atoms with E-state index in [2.05, 4.69) is 6.92 Å². The monoisotopic (exact) mass is 486 g/mol. The van der Waals surface area contributed by atoms with E-state index in [9.17, 15) is 19.8 Å². The maximum Gasteiger partial charge on any atom is 0.333 e. The molecule has 0 bridgehead atoms. The smallest absolute Gasteiger partial charge is 0.333 e. The molecule has 192 valence electrons. The summed E-state index contributed by atoms with van der Waals surface area (Å²) < 4.78 is 18.6. The van der Waals surface area contributed by atoms with Gasteiger partial charge in [0.15, 0.2) is 5.79 Å². The number of cyclic esters (lactones) is 1. The second-order valence-electron chi connectivity index (χ2n) is 13.2. The number of fused-ring (bicyclic) bond motifs is 3. The zero-order valence-electron chi connectivity index (χ0n) is 21.3. The van der Waals surface area contributed by atoms with E-state index >= 15 is 0 Å². The Labute approximate surface area is 206 Å². The van der Waals surface area contributed by atoms with Crippen LogP contribution >= 0.6 is 0 Å². The predicted molar refractivity (Wildman–Crippen MR) is 124 cm³/mol. The first-order chi connectivity index (χ1) is 16.4. The normalized spacial score (nSPS) is 58.7. The van der Waals surface area contributed by atoms with Gasteiger partial charge in [-0.2, -0.15) is 0 Å². The molecular formula is C28H38O7. The Morgan fingerprint density at radius 3 is 2.54 bits per heavy atom. The summed E-state index contributed by atoms with van der Waals surface area (Å²) in [5.74, 6) is -1.85. The first kappa shape index (κ1) is 22.9. The molecule has 35 heavy (non-hydrogen) atoms. The van der Waals surface area contributed by atoms with Gasteiger partial charge in [0.2, 0.25) is 0 Å². The molecule has 3 aliphatic heterocycles. The largest absolute Gasteiger partial charge is 0.458 e. The summed E-state index contributed by atoms with van der Waals surface area (Å²) >= 11 is 0. The predicted octanol–water partition coefficient (Wildman–Crippen LogP) is 3.06. The number of Topliss-reactive ketones (excluding diaryl/α,β-unsaturated/α-hetero) is 1. The number of carbonyl (C=O) groups is 2. The molecule has 6 fully saturated rings. The van der Waals surface area contributed by atoms with Gasteiger partial charge >= 0.3 is 5.97 Å². The first-order valence-electron chi connectivity index (χ1n) is 13.6. The lowest BCUT2D eigenvalue weighted by Crippen LogP contribution is -2.75. The Balaban J connectivity index is 1.29. The topological polar surface area (TPSA) is 106 Å². The Hall–Kier alpha value is -1.28. The maximum atomic E-state index is 13.5. The van der Waals surface area contributed by atoms with Crippen molar-refractivity contribution in [3.8, 4) is 0 Å². The number of hydrogen-bond donors (Lipinski definition) is 2. The first-order valence-corrected chi connectivity index (χ1v) is 13.6. The highest BCUT2D eigenvalue weighted by Gasteiger charge is 2.83. The number of hydrogen-bond acceptors (Lipinski definition) is 7. The molecule has 7 aliphatic rings. The molecule has 1 spiro atoms. The Kier molecular flexibility index (Phi) is 4.30. The lowest BCUT2D eigenvalue weighted by molar-refractivity contribution is -0.397. The van der Waals surface area contributed by atoms with E-state index in [1.807, 2.05) is 13.8 Å². The quantitative estimate of drug-likeness (QED) is 0.433. The van der Waals surface area contributed by atoms with Crippen molar-refractivity contribution < 1.29 is 34.0 Å². The van der Waals surface area contributed by atoms with Crippen molar-refractivity contribution in [2.45, 2.75) is 108 Å². The minimum Gasteiger partial charge on any atom is -0.458 e. The van der Waals surface area contributed by atoms with Gasteiger partial charge in [-0.05, 0) is 70.6 Å². The summed E-state index contributed by atoms with van der Waals surface area (Å²) in [4.78, 5) is 26.0. The summed E-state index contributed by atoms with van der Waals surface area (Å²) in [7, 11) is 0. The van der Waals surface area contributed by atoms with Gasteiger partial charge in [-0.3, -0.25) is 4.79 Å². The van der Waals surface area contributed by atoms with Crippen LogP contribution in [0.25, 0.3) is 0 Å². The molecule has 0 unspecified atom stereocenters. The number of ketones is 1. The van der Waals surface area contributed by atoms with E-state index in [0.29, 0.717) is 31.3 Å². The second kappa shape index (κ2) is 6.58. The SMILES string of the molecule is CC1=C(C)C(=O)O[C@@H]([C@H]2CO[C@@]3(O)C[C@H]4[C@@H](C[C@H]5O[C@]56CCCC(=O)[C@]46C)[C@@H]4CC[C@]2(O)[C@]43C)C1. The summed E-state index contributed by atoms with van der Waals surface area (Å²) in [6.07, 6.45) is 5.06. The van der Waals surface area contributed by atoms with E-state index in [4.69, 9.17) is 14.2 Å². The fraction of sp³-hybridized carbons (Fsp3) is 0.857. The Bertz CT molecular complexity index is 1070. The lowest BCUT2D eigenvalue weighted by atomic mass is 9.41. The molecule has 7 nitrogen and oxygen atoms in total. The van der Waals surface area contributed by atoms with Crippen LogP contribution in [0.15, 0.2) is 11.1 Å². The molecule has 7 heteroatoms. The number of rotatable bonds is 1. The fourth-order valence-corrected chi connectivity index (χ4v) is 10.3. The molecule has 2 saturated heterocycles. The Morgan fingerprint density at radius 1 is 1.03 bits per heavy atom. The minimum atomic E-state index is -1.54. The summed E-state index contributed by atoms with van der Waals surface area (Å²) in [5, 5.41) is 24.7. The summed E-state index contributed by atoms with van der Waals surface area (Å²) in [5.41, 5.74) is -1.51. The molecule has 0 amide bonds. The molecule has 11 atom stereocenters. The number of ether oxygens (including phenoxy) is 3. The zero-order chi connectivity index (χ0) is 24.8. The zero-order valence-corrected chi connectivity index (χ0v) is 21.3. The van der Waals surface area contributed by atoms with Gasteiger partial charge in [0.25, 0.3) is 0 Å². The van der Waals surface area contributed by atoms with Gasteiger partial charge in [-0.25, -0.2) is 4.79 Å².